The topological polar surface area (TPSA) is 133 Å². The SMILES string of the molecule is CC(C)C[C@H](CNC(=O)NCc1nn[nH]n1)CC(=O)O. The molecule has 0 spiro atoms. The Morgan fingerprint density at radius 3 is 2.65 bits per heavy atom. The fraction of sp³-hybridized carbons (Fsp3) is 0.727. The molecule has 0 fully saturated rings. The maximum absolute atomic E-state index is 11.6. The number of nitrogens with one attached hydrogen (secondary N) is 3. The zero-order valence-electron chi connectivity index (χ0n) is 11.6. The number of carboxylic acids is 1. The van der Waals surface area contributed by atoms with Crippen molar-refractivity contribution in [1.82, 2.24) is 31.3 Å². The number of amides is 2. The average Bonchev–Trinajstić information content (AvgIpc) is 2.85. The molecule has 0 unspecified atom stereocenters. The van der Waals surface area contributed by atoms with Gasteiger partial charge in [0.2, 0.25) is 0 Å². The number of hydrogen-bond donors (Lipinski definition) is 4. The minimum atomic E-state index is -0.857. The van der Waals surface area contributed by atoms with E-state index in [0.29, 0.717) is 18.3 Å². The van der Waals surface area contributed by atoms with Crippen LogP contribution in [0.1, 0.15) is 32.5 Å². The minimum Gasteiger partial charge on any atom is -0.481 e. The number of hydrogen-bond acceptors (Lipinski definition) is 5. The van der Waals surface area contributed by atoms with Crippen molar-refractivity contribution >= 4 is 12.0 Å². The third-order valence-electron chi connectivity index (χ3n) is 2.62. The fourth-order valence-electron chi connectivity index (χ4n) is 1.87. The molecule has 0 aromatic carbocycles. The van der Waals surface area contributed by atoms with Crippen LogP contribution >= 0.6 is 0 Å². The number of carbonyl (C=O) groups is 2. The quantitative estimate of drug-likeness (QED) is 0.536. The molecule has 20 heavy (non-hydrogen) atoms. The lowest BCUT2D eigenvalue weighted by Gasteiger charge is -2.17. The fourth-order valence-corrected chi connectivity index (χ4v) is 1.87. The van der Waals surface area contributed by atoms with Gasteiger partial charge >= 0.3 is 12.0 Å². The molecule has 0 saturated carbocycles. The van der Waals surface area contributed by atoms with Crippen molar-refractivity contribution in [2.24, 2.45) is 11.8 Å². The predicted octanol–water partition coefficient (Wildman–Crippen LogP) is 0.136. The van der Waals surface area contributed by atoms with Gasteiger partial charge in [-0.3, -0.25) is 4.79 Å². The molecule has 9 nitrogen and oxygen atoms in total. The van der Waals surface area contributed by atoms with E-state index in [0.717, 1.165) is 6.42 Å². The second-order valence-electron chi connectivity index (χ2n) is 4.99. The Morgan fingerprint density at radius 2 is 2.10 bits per heavy atom. The minimum absolute atomic E-state index is 0.0449. The summed E-state index contributed by atoms with van der Waals surface area (Å²) in [6.07, 6.45) is 0.792. The first-order valence-electron chi connectivity index (χ1n) is 6.43. The van der Waals surface area contributed by atoms with Gasteiger partial charge in [0.05, 0.1) is 6.54 Å². The maximum Gasteiger partial charge on any atom is 0.315 e. The van der Waals surface area contributed by atoms with Gasteiger partial charge in [-0.05, 0) is 18.3 Å². The summed E-state index contributed by atoms with van der Waals surface area (Å²) in [5.74, 6) is -0.180. The molecule has 0 aliphatic carbocycles. The molecule has 1 atom stereocenters. The molecule has 0 aliphatic heterocycles. The Labute approximate surface area is 116 Å². The summed E-state index contributed by atoms with van der Waals surface area (Å²) in [6.45, 7) is 4.52. The van der Waals surface area contributed by atoms with Gasteiger partial charge in [0.1, 0.15) is 0 Å². The standard InChI is InChI=1S/C11H20N6O3/c1-7(2)3-8(4-10(18)19)5-12-11(20)13-6-9-14-16-17-15-9/h7-8H,3-6H2,1-2H3,(H,18,19)(H2,12,13,20)(H,14,15,16,17)/t8-/m0/s1. The van der Waals surface area contributed by atoms with E-state index < -0.39 is 5.97 Å². The van der Waals surface area contributed by atoms with Crippen molar-refractivity contribution < 1.29 is 14.7 Å². The summed E-state index contributed by atoms with van der Waals surface area (Å²) in [5, 5.41) is 27.1. The highest BCUT2D eigenvalue weighted by molar-refractivity contribution is 5.73. The van der Waals surface area contributed by atoms with Crippen LogP contribution in [0, 0.1) is 11.8 Å². The first kappa shape index (κ1) is 15.9. The van der Waals surface area contributed by atoms with Crippen molar-refractivity contribution in [3.63, 3.8) is 0 Å². The summed E-state index contributed by atoms with van der Waals surface area (Å²) in [5.41, 5.74) is 0. The van der Waals surface area contributed by atoms with E-state index in [1.807, 2.05) is 13.8 Å². The zero-order chi connectivity index (χ0) is 15.0. The van der Waals surface area contributed by atoms with Crippen LogP contribution < -0.4 is 10.6 Å². The number of tetrazole rings is 1. The van der Waals surface area contributed by atoms with Gasteiger partial charge in [-0.25, -0.2) is 4.79 Å². The summed E-state index contributed by atoms with van der Waals surface area (Å²) < 4.78 is 0. The van der Waals surface area contributed by atoms with E-state index >= 15 is 0 Å². The van der Waals surface area contributed by atoms with Crippen molar-refractivity contribution in [1.29, 1.82) is 0 Å². The smallest absolute Gasteiger partial charge is 0.315 e. The van der Waals surface area contributed by atoms with Gasteiger partial charge in [-0.2, -0.15) is 5.21 Å². The van der Waals surface area contributed by atoms with Gasteiger partial charge in [0.25, 0.3) is 0 Å². The van der Waals surface area contributed by atoms with Crippen LogP contribution in [0.15, 0.2) is 0 Å². The highest BCUT2D eigenvalue weighted by atomic mass is 16.4. The van der Waals surface area contributed by atoms with Crippen molar-refractivity contribution in [2.45, 2.75) is 33.2 Å². The van der Waals surface area contributed by atoms with Crippen molar-refractivity contribution in [3.05, 3.63) is 5.82 Å². The summed E-state index contributed by atoms with van der Waals surface area (Å²) in [6, 6.07) is -0.381. The van der Waals surface area contributed by atoms with E-state index in [4.69, 9.17) is 5.11 Å². The Kier molecular flexibility index (Phi) is 6.41. The summed E-state index contributed by atoms with van der Waals surface area (Å²) in [7, 11) is 0. The number of aromatic amines is 1. The van der Waals surface area contributed by atoms with Gasteiger partial charge in [-0.15, -0.1) is 10.2 Å². The monoisotopic (exact) mass is 284 g/mol. The second-order valence-corrected chi connectivity index (χ2v) is 4.99. The third kappa shape index (κ3) is 6.66. The molecule has 1 rings (SSSR count). The van der Waals surface area contributed by atoms with E-state index in [-0.39, 0.29) is 24.9 Å². The molecule has 1 aromatic heterocycles. The molecule has 4 N–H and O–H groups in total. The van der Waals surface area contributed by atoms with Crippen LogP contribution in [0.2, 0.25) is 0 Å². The first-order valence-corrected chi connectivity index (χ1v) is 6.43. The van der Waals surface area contributed by atoms with Crippen molar-refractivity contribution in [2.75, 3.05) is 6.54 Å². The lowest BCUT2D eigenvalue weighted by molar-refractivity contribution is -0.138. The highest BCUT2D eigenvalue weighted by Crippen LogP contribution is 2.14. The highest BCUT2D eigenvalue weighted by Gasteiger charge is 2.16. The predicted molar refractivity (Wildman–Crippen MR) is 69.6 cm³/mol. The lowest BCUT2D eigenvalue weighted by atomic mass is 9.94. The molecular weight excluding hydrogens is 264 g/mol. The molecule has 0 radical (unpaired) electrons. The summed E-state index contributed by atoms with van der Waals surface area (Å²) >= 11 is 0. The number of carboxylic acid groups (broad SMARTS) is 1. The van der Waals surface area contributed by atoms with Crippen molar-refractivity contribution in [3.8, 4) is 0 Å². The number of nitrogens with zero attached hydrogens (tertiary/aromatic N) is 3. The second kappa shape index (κ2) is 8.08. The number of aliphatic carboxylic acids is 1. The average molecular weight is 284 g/mol. The van der Waals surface area contributed by atoms with Crippen LogP contribution in [-0.2, 0) is 11.3 Å². The third-order valence-corrected chi connectivity index (χ3v) is 2.62. The molecule has 1 heterocycles. The van der Waals surface area contributed by atoms with Crippen LogP contribution in [0.3, 0.4) is 0 Å². The van der Waals surface area contributed by atoms with E-state index in [9.17, 15) is 9.59 Å². The van der Waals surface area contributed by atoms with Gasteiger partial charge in [0, 0.05) is 13.0 Å². The van der Waals surface area contributed by atoms with Gasteiger partial charge < -0.3 is 15.7 Å². The Hall–Kier alpha value is -2.19. The van der Waals surface area contributed by atoms with Gasteiger partial charge in [0.15, 0.2) is 5.82 Å². The number of H-pyrrole nitrogens is 1. The van der Waals surface area contributed by atoms with Crippen LogP contribution in [-0.4, -0.2) is 44.3 Å². The Balaban J connectivity index is 2.30. The number of rotatable bonds is 8. The molecule has 2 amide bonds. The molecule has 0 aliphatic rings. The number of aromatic nitrogens is 4. The first-order chi connectivity index (χ1) is 9.47. The molecule has 112 valence electrons. The van der Waals surface area contributed by atoms with E-state index in [1.165, 1.54) is 0 Å². The van der Waals surface area contributed by atoms with Gasteiger partial charge in [-0.1, -0.05) is 19.1 Å². The largest absolute Gasteiger partial charge is 0.481 e. The molecule has 9 heteroatoms. The lowest BCUT2D eigenvalue weighted by Crippen LogP contribution is -2.38. The molecular formula is C11H20N6O3. The van der Waals surface area contributed by atoms with Crippen LogP contribution in [0.5, 0.6) is 0 Å². The molecule has 1 aromatic rings. The van der Waals surface area contributed by atoms with Crippen LogP contribution in [0.25, 0.3) is 0 Å². The normalized spacial score (nSPS) is 12.2. The van der Waals surface area contributed by atoms with Crippen LogP contribution in [0.4, 0.5) is 4.79 Å². The van der Waals surface area contributed by atoms with E-state index in [1.54, 1.807) is 0 Å². The Bertz CT molecular complexity index is 420. The molecule has 0 bridgehead atoms. The number of carbonyl (C=O) groups excluding carboxylic acids is 1. The molecule has 0 saturated heterocycles. The Morgan fingerprint density at radius 1 is 1.35 bits per heavy atom. The number of urea groups is 1. The van der Waals surface area contributed by atoms with E-state index in [2.05, 4.69) is 31.3 Å². The maximum atomic E-state index is 11.6. The summed E-state index contributed by atoms with van der Waals surface area (Å²) in [4.78, 5) is 22.3. The zero-order valence-corrected chi connectivity index (χ0v) is 11.6.